The van der Waals surface area contributed by atoms with Gasteiger partial charge in [0.2, 0.25) is 0 Å². The van der Waals surface area contributed by atoms with E-state index in [-0.39, 0.29) is 25.7 Å². The highest BCUT2D eigenvalue weighted by Crippen LogP contribution is 2.45. The van der Waals surface area contributed by atoms with Crippen molar-refractivity contribution in [3.05, 3.63) is 0 Å². The van der Waals surface area contributed by atoms with E-state index in [0.717, 1.165) is 89.9 Å². The molecule has 0 aliphatic rings. The van der Waals surface area contributed by atoms with Gasteiger partial charge in [0.15, 0.2) is 12.2 Å². The Morgan fingerprint density at radius 2 is 0.417 bits per heavy atom. The van der Waals surface area contributed by atoms with Gasteiger partial charge >= 0.3 is 39.5 Å². The molecule has 0 radical (unpaired) electrons. The van der Waals surface area contributed by atoms with Gasteiger partial charge in [0.25, 0.3) is 0 Å². The summed E-state index contributed by atoms with van der Waals surface area (Å²) in [5, 5.41) is 10.6. The lowest BCUT2D eigenvalue weighted by Crippen LogP contribution is -2.30. The summed E-state index contributed by atoms with van der Waals surface area (Å²) in [4.78, 5) is 72.8. The van der Waals surface area contributed by atoms with Crippen molar-refractivity contribution in [2.45, 2.75) is 431 Å². The zero-order chi connectivity index (χ0) is 70.4. The van der Waals surface area contributed by atoms with Crippen molar-refractivity contribution in [2.75, 3.05) is 39.6 Å². The molecule has 0 fully saturated rings. The van der Waals surface area contributed by atoms with E-state index in [1.807, 2.05) is 0 Å². The topological polar surface area (TPSA) is 237 Å². The van der Waals surface area contributed by atoms with Crippen LogP contribution in [0, 0.1) is 0 Å². The smallest absolute Gasteiger partial charge is 0.462 e. The second-order valence-corrected chi connectivity index (χ2v) is 30.7. The monoisotopic (exact) mass is 1410 g/mol. The van der Waals surface area contributed by atoms with Gasteiger partial charge in [0.1, 0.15) is 19.3 Å². The number of carbonyl (C=O) groups excluding carboxylic acids is 4. The summed E-state index contributed by atoms with van der Waals surface area (Å²) in [7, 11) is -9.91. The third-order valence-electron chi connectivity index (χ3n) is 18.1. The van der Waals surface area contributed by atoms with E-state index in [1.54, 1.807) is 0 Å². The molecule has 19 heteroatoms. The predicted octanol–water partition coefficient (Wildman–Crippen LogP) is 23.0. The largest absolute Gasteiger partial charge is 0.472 e. The molecule has 0 aliphatic heterocycles. The fourth-order valence-electron chi connectivity index (χ4n) is 11.9. The number of carbonyl (C=O) groups is 4. The van der Waals surface area contributed by atoms with E-state index >= 15 is 0 Å². The van der Waals surface area contributed by atoms with Gasteiger partial charge in [-0.1, -0.05) is 362 Å². The maximum Gasteiger partial charge on any atom is 0.472 e. The summed E-state index contributed by atoms with van der Waals surface area (Å²) in [5.41, 5.74) is 0. The first-order valence-corrected chi connectivity index (χ1v) is 43.3. The highest BCUT2D eigenvalue weighted by Gasteiger charge is 2.30. The molecule has 17 nitrogen and oxygen atoms in total. The molecule has 570 valence electrons. The number of unbranched alkanes of at least 4 members (excludes halogenated alkanes) is 52. The van der Waals surface area contributed by atoms with Crippen LogP contribution in [0.15, 0.2) is 0 Å². The molecule has 0 rings (SSSR count). The Bertz CT molecular complexity index is 1830. The summed E-state index contributed by atoms with van der Waals surface area (Å²) in [6.45, 7) is 4.99. The minimum Gasteiger partial charge on any atom is -0.462 e. The molecule has 0 bridgehead atoms. The third-order valence-corrected chi connectivity index (χ3v) is 20.0. The van der Waals surface area contributed by atoms with Crippen molar-refractivity contribution in [3.8, 4) is 0 Å². The van der Waals surface area contributed by atoms with Crippen molar-refractivity contribution in [1.29, 1.82) is 0 Å². The van der Waals surface area contributed by atoms with Crippen molar-refractivity contribution in [2.24, 2.45) is 0 Å². The first-order chi connectivity index (χ1) is 46.7. The standard InChI is InChI=1S/C77H150O17P2/c1-5-9-13-17-21-25-29-31-33-34-35-36-37-39-41-44-48-52-56-60-64-77(82)94-73(68-88-75(80)62-58-54-50-46-43-40-38-32-30-26-22-18-14-10-6-2)70-92-96(85,86)90-66-71(78)65-89-95(83,84)91-69-72(67-87-74(79)61-57-53-49-45-28-24-20-16-12-8-4)93-76(81)63-59-55-51-47-42-27-23-19-15-11-7-3/h71-73,78H,5-70H2,1-4H3,(H,83,84)(H,85,86)/t71-,72+,73+/m0/s1. The lowest BCUT2D eigenvalue weighted by Gasteiger charge is -2.21. The normalized spacial score (nSPS) is 13.9. The molecular weight excluding hydrogens is 1260 g/mol. The predicted molar refractivity (Wildman–Crippen MR) is 391 cm³/mol. The maximum atomic E-state index is 13.1. The molecule has 0 saturated carbocycles. The van der Waals surface area contributed by atoms with Gasteiger partial charge in [-0.2, -0.15) is 0 Å². The van der Waals surface area contributed by atoms with Crippen LogP contribution in [-0.2, 0) is 65.4 Å². The van der Waals surface area contributed by atoms with Crippen LogP contribution in [0.4, 0.5) is 0 Å². The SMILES string of the molecule is CCCCCCCCCCCCCCCCCCCCCCC(=O)O[C@H](COC(=O)CCCCCCCCCCCCCCCCC)COP(=O)(O)OC[C@@H](O)COP(=O)(O)OC[C@@H](COC(=O)CCCCCCCCCCCC)OC(=O)CCCCCCCCCCCCC. The molecule has 5 atom stereocenters. The van der Waals surface area contributed by atoms with Gasteiger partial charge in [-0.15, -0.1) is 0 Å². The van der Waals surface area contributed by atoms with Crippen LogP contribution in [0.2, 0.25) is 0 Å². The lowest BCUT2D eigenvalue weighted by molar-refractivity contribution is -0.161. The second-order valence-electron chi connectivity index (χ2n) is 27.7. The van der Waals surface area contributed by atoms with E-state index in [9.17, 15) is 43.2 Å². The molecule has 0 aromatic rings. The summed E-state index contributed by atoms with van der Waals surface area (Å²) in [6, 6.07) is 0. The first kappa shape index (κ1) is 94.1. The highest BCUT2D eigenvalue weighted by atomic mass is 31.2. The molecular formula is C77H150O17P2. The molecule has 0 aliphatic carbocycles. The quantitative estimate of drug-likeness (QED) is 0.0222. The van der Waals surface area contributed by atoms with Gasteiger partial charge in [-0.05, 0) is 25.7 Å². The zero-order valence-corrected chi connectivity index (χ0v) is 64.1. The maximum absolute atomic E-state index is 13.1. The van der Waals surface area contributed by atoms with Crippen LogP contribution in [0.1, 0.15) is 413 Å². The van der Waals surface area contributed by atoms with Crippen LogP contribution in [0.25, 0.3) is 0 Å². The number of hydrogen-bond acceptors (Lipinski definition) is 15. The molecule has 0 aromatic carbocycles. The third kappa shape index (κ3) is 70.5. The van der Waals surface area contributed by atoms with Crippen LogP contribution >= 0.6 is 15.6 Å². The number of ether oxygens (including phenoxy) is 4. The van der Waals surface area contributed by atoms with Crippen molar-refractivity contribution < 1.29 is 80.2 Å². The van der Waals surface area contributed by atoms with Crippen LogP contribution < -0.4 is 0 Å². The van der Waals surface area contributed by atoms with Crippen LogP contribution in [0.3, 0.4) is 0 Å². The zero-order valence-electron chi connectivity index (χ0n) is 62.4. The first-order valence-electron chi connectivity index (χ1n) is 40.3. The summed E-state index contributed by atoms with van der Waals surface area (Å²) < 4.78 is 68.5. The molecule has 0 spiro atoms. The molecule has 0 amide bonds. The number of hydrogen-bond donors (Lipinski definition) is 3. The Balaban J connectivity index is 5.20. The van der Waals surface area contributed by atoms with Gasteiger partial charge in [-0.25, -0.2) is 9.13 Å². The highest BCUT2D eigenvalue weighted by molar-refractivity contribution is 7.47. The lowest BCUT2D eigenvalue weighted by atomic mass is 10.0. The van der Waals surface area contributed by atoms with Crippen molar-refractivity contribution in [3.63, 3.8) is 0 Å². The van der Waals surface area contributed by atoms with Crippen LogP contribution in [0.5, 0.6) is 0 Å². The molecule has 2 unspecified atom stereocenters. The Labute approximate surface area is 588 Å². The summed E-state index contributed by atoms with van der Waals surface area (Å²) in [5.74, 6) is -2.11. The molecule has 0 heterocycles. The number of aliphatic hydroxyl groups is 1. The van der Waals surface area contributed by atoms with E-state index < -0.39 is 97.5 Å². The Hall–Kier alpha value is -1.94. The van der Waals surface area contributed by atoms with E-state index in [1.165, 1.54) is 244 Å². The van der Waals surface area contributed by atoms with Gasteiger partial charge in [-0.3, -0.25) is 37.3 Å². The average molecular weight is 1410 g/mol. The number of aliphatic hydroxyl groups excluding tert-OH is 1. The van der Waals surface area contributed by atoms with E-state index in [2.05, 4.69) is 27.7 Å². The molecule has 0 saturated heterocycles. The van der Waals surface area contributed by atoms with Crippen molar-refractivity contribution in [1.82, 2.24) is 0 Å². The molecule has 0 aromatic heterocycles. The Morgan fingerprint density at radius 3 is 0.615 bits per heavy atom. The van der Waals surface area contributed by atoms with Gasteiger partial charge in [0, 0.05) is 25.7 Å². The summed E-state index contributed by atoms with van der Waals surface area (Å²) in [6.07, 6.45) is 62.4. The van der Waals surface area contributed by atoms with Crippen molar-refractivity contribution >= 4 is 39.5 Å². The Kier molecular flexibility index (Phi) is 70.0. The average Bonchev–Trinajstić information content (AvgIpc) is 2.80. The van der Waals surface area contributed by atoms with Gasteiger partial charge < -0.3 is 33.8 Å². The minimum atomic E-state index is -4.96. The molecule has 3 N–H and O–H groups in total. The summed E-state index contributed by atoms with van der Waals surface area (Å²) >= 11 is 0. The van der Waals surface area contributed by atoms with Gasteiger partial charge in [0.05, 0.1) is 26.4 Å². The van der Waals surface area contributed by atoms with E-state index in [0.29, 0.717) is 25.7 Å². The van der Waals surface area contributed by atoms with Crippen LogP contribution in [-0.4, -0.2) is 96.7 Å². The fraction of sp³-hybridized carbons (Fsp3) is 0.948. The fourth-order valence-corrected chi connectivity index (χ4v) is 13.5. The van der Waals surface area contributed by atoms with E-state index in [4.69, 9.17) is 37.0 Å². The molecule has 96 heavy (non-hydrogen) atoms. The minimum absolute atomic E-state index is 0.108. The Morgan fingerprint density at radius 1 is 0.250 bits per heavy atom. The second kappa shape index (κ2) is 71.5. The number of esters is 4. The number of phosphoric ester groups is 2. The number of phosphoric acid groups is 2. The number of rotatable bonds is 78.